The van der Waals surface area contributed by atoms with Gasteiger partial charge in [0.05, 0.1) is 11.8 Å². The van der Waals surface area contributed by atoms with Crippen LogP contribution in [0.3, 0.4) is 0 Å². The Hall–Kier alpha value is -1.84. The fraction of sp³-hybridized carbons (Fsp3) is 0.600. The highest BCUT2D eigenvalue weighted by Gasteiger charge is 2.51. The highest BCUT2D eigenvalue weighted by Crippen LogP contribution is 2.43. The first-order valence-corrected chi connectivity index (χ1v) is 9.34. The van der Waals surface area contributed by atoms with Crippen molar-refractivity contribution in [2.45, 2.75) is 52.0 Å². The van der Waals surface area contributed by atoms with Gasteiger partial charge >= 0.3 is 0 Å². The maximum absolute atomic E-state index is 12.8. The first-order valence-electron chi connectivity index (χ1n) is 9.34. The molecular weight excluding hydrogens is 300 g/mol. The average molecular weight is 328 g/mol. The number of hydrogen-bond acceptors (Lipinski definition) is 2. The molecule has 1 aromatic rings. The Morgan fingerprint density at radius 2 is 1.88 bits per heavy atom. The SMILES string of the molecule is CCC1CCCCN1C(=O)C1CC1C(=O)N(CC)c1ccccc1. The first-order chi connectivity index (χ1) is 11.7. The number of hydrogen-bond donors (Lipinski definition) is 0. The number of carbonyl (C=O) groups is 2. The molecule has 2 amide bonds. The molecule has 2 aliphatic rings. The van der Waals surface area contributed by atoms with Gasteiger partial charge in [0.25, 0.3) is 0 Å². The van der Waals surface area contributed by atoms with Crippen molar-refractivity contribution in [2.24, 2.45) is 11.8 Å². The zero-order valence-electron chi connectivity index (χ0n) is 14.8. The van der Waals surface area contributed by atoms with Crippen LogP contribution < -0.4 is 4.90 Å². The van der Waals surface area contributed by atoms with Crippen LogP contribution in [0.15, 0.2) is 30.3 Å². The number of nitrogens with zero attached hydrogens (tertiary/aromatic N) is 2. The lowest BCUT2D eigenvalue weighted by Gasteiger charge is -2.35. The van der Waals surface area contributed by atoms with Crippen LogP contribution in [-0.4, -0.2) is 35.8 Å². The van der Waals surface area contributed by atoms with E-state index in [0.717, 1.165) is 31.5 Å². The van der Waals surface area contributed by atoms with Crippen molar-refractivity contribution in [2.75, 3.05) is 18.0 Å². The van der Waals surface area contributed by atoms with Gasteiger partial charge in [-0.05, 0) is 51.2 Å². The van der Waals surface area contributed by atoms with Gasteiger partial charge in [-0.25, -0.2) is 0 Å². The lowest BCUT2D eigenvalue weighted by atomic mass is 9.99. The molecule has 1 saturated heterocycles. The van der Waals surface area contributed by atoms with Crippen LogP contribution in [-0.2, 0) is 9.59 Å². The molecule has 1 heterocycles. The summed E-state index contributed by atoms with van der Waals surface area (Å²) >= 11 is 0. The summed E-state index contributed by atoms with van der Waals surface area (Å²) in [6, 6.07) is 10.1. The van der Waals surface area contributed by atoms with E-state index in [1.165, 1.54) is 6.42 Å². The van der Waals surface area contributed by atoms with E-state index in [2.05, 4.69) is 11.8 Å². The maximum atomic E-state index is 12.8. The molecule has 0 spiro atoms. The average Bonchev–Trinajstić information content (AvgIpc) is 3.43. The van der Waals surface area contributed by atoms with E-state index in [-0.39, 0.29) is 23.7 Å². The summed E-state index contributed by atoms with van der Waals surface area (Å²) in [4.78, 5) is 29.6. The van der Waals surface area contributed by atoms with E-state index in [0.29, 0.717) is 19.0 Å². The quantitative estimate of drug-likeness (QED) is 0.830. The molecule has 0 aromatic heterocycles. The molecule has 3 rings (SSSR count). The second kappa shape index (κ2) is 7.37. The third-order valence-corrected chi connectivity index (χ3v) is 5.46. The summed E-state index contributed by atoms with van der Waals surface area (Å²) in [5.74, 6) is 0.0932. The van der Waals surface area contributed by atoms with Crippen LogP contribution in [0.1, 0.15) is 46.0 Å². The van der Waals surface area contributed by atoms with Gasteiger partial charge in [0.2, 0.25) is 11.8 Å². The Bertz CT molecular complexity index is 587. The monoisotopic (exact) mass is 328 g/mol. The lowest BCUT2D eigenvalue weighted by Crippen LogP contribution is -2.45. The normalized spacial score (nSPS) is 26.1. The number of anilines is 1. The molecule has 0 bridgehead atoms. The smallest absolute Gasteiger partial charge is 0.230 e. The molecule has 4 nitrogen and oxygen atoms in total. The van der Waals surface area contributed by atoms with E-state index in [9.17, 15) is 9.59 Å². The van der Waals surface area contributed by atoms with Crippen LogP contribution in [0, 0.1) is 11.8 Å². The summed E-state index contributed by atoms with van der Waals surface area (Å²) in [5.41, 5.74) is 0.924. The number of para-hydroxylation sites is 1. The van der Waals surface area contributed by atoms with Crippen molar-refractivity contribution in [3.8, 4) is 0 Å². The van der Waals surface area contributed by atoms with Gasteiger partial charge in [-0.1, -0.05) is 25.1 Å². The Labute approximate surface area is 144 Å². The molecule has 1 aromatic carbocycles. The Balaban J connectivity index is 1.65. The Morgan fingerprint density at radius 1 is 1.12 bits per heavy atom. The van der Waals surface area contributed by atoms with Crippen molar-refractivity contribution in [1.29, 1.82) is 0 Å². The molecule has 0 radical (unpaired) electrons. The molecule has 2 fully saturated rings. The molecule has 0 N–H and O–H groups in total. The van der Waals surface area contributed by atoms with Crippen LogP contribution in [0.25, 0.3) is 0 Å². The minimum absolute atomic E-state index is 0.0950. The van der Waals surface area contributed by atoms with Gasteiger partial charge < -0.3 is 9.80 Å². The zero-order valence-corrected chi connectivity index (χ0v) is 14.8. The van der Waals surface area contributed by atoms with Crippen molar-refractivity contribution in [1.82, 2.24) is 4.90 Å². The number of rotatable bonds is 5. The Morgan fingerprint density at radius 3 is 2.54 bits per heavy atom. The van der Waals surface area contributed by atoms with Crippen molar-refractivity contribution in [3.05, 3.63) is 30.3 Å². The van der Waals surface area contributed by atoms with Gasteiger partial charge in [0.1, 0.15) is 0 Å². The van der Waals surface area contributed by atoms with Gasteiger partial charge in [-0.2, -0.15) is 0 Å². The van der Waals surface area contributed by atoms with Gasteiger partial charge in [-0.3, -0.25) is 9.59 Å². The third kappa shape index (κ3) is 3.33. The number of amides is 2. The number of piperidine rings is 1. The summed E-state index contributed by atoms with van der Waals surface area (Å²) in [5, 5.41) is 0. The molecular formula is C20H28N2O2. The van der Waals surface area contributed by atoms with Crippen molar-refractivity contribution in [3.63, 3.8) is 0 Å². The van der Waals surface area contributed by atoms with Crippen LogP contribution in [0.5, 0.6) is 0 Å². The highest BCUT2D eigenvalue weighted by atomic mass is 16.2. The minimum Gasteiger partial charge on any atom is -0.339 e. The summed E-state index contributed by atoms with van der Waals surface area (Å²) in [7, 11) is 0. The molecule has 3 atom stereocenters. The molecule has 4 heteroatoms. The molecule has 24 heavy (non-hydrogen) atoms. The largest absolute Gasteiger partial charge is 0.339 e. The van der Waals surface area contributed by atoms with Crippen LogP contribution in [0.2, 0.25) is 0 Å². The summed E-state index contributed by atoms with van der Waals surface area (Å²) < 4.78 is 0. The topological polar surface area (TPSA) is 40.6 Å². The summed E-state index contributed by atoms with van der Waals surface area (Å²) in [6.45, 7) is 5.65. The number of carbonyl (C=O) groups excluding carboxylic acids is 2. The van der Waals surface area contributed by atoms with Gasteiger partial charge in [0.15, 0.2) is 0 Å². The first kappa shape index (κ1) is 17.0. The number of likely N-dealkylation sites (tertiary alicyclic amines) is 1. The molecule has 1 aliphatic carbocycles. The van der Waals surface area contributed by atoms with E-state index < -0.39 is 0 Å². The standard InChI is InChI=1S/C20H28N2O2/c1-3-15-10-8-9-13-22(15)20(24)18-14-17(18)19(23)21(4-2)16-11-6-5-7-12-16/h5-7,11-12,15,17-18H,3-4,8-10,13-14H2,1-2H3. The Kier molecular flexibility index (Phi) is 5.22. The molecule has 1 aliphatic heterocycles. The fourth-order valence-electron chi connectivity index (χ4n) is 3.94. The van der Waals surface area contributed by atoms with E-state index in [4.69, 9.17) is 0 Å². The van der Waals surface area contributed by atoms with Gasteiger partial charge in [0, 0.05) is 24.8 Å². The maximum Gasteiger partial charge on any atom is 0.230 e. The van der Waals surface area contributed by atoms with Crippen LogP contribution >= 0.6 is 0 Å². The molecule has 3 unspecified atom stereocenters. The zero-order chi connectivity index (χ0) is 17.1. The van der Waals surface area contributed by atoms with Crippen molar-refractivity contribution < 1.29 is 9.59 Å². The third-order valence-electron chi connectivity index (χ3n) is 5.46. The molecule has 1 saturated carbocycles. The van der Waals surface area contributed by atoms with Crippen molar-refractivity contribution >= 4 is 17.5 Å². The van der Waals surface area contributed by atoms with E-state index >= 15 is 0 Å². The van der Waals surface area contributed by atoms with Crippen LogP contribution in [0.4, 0.5) is 5.69 Å². The predicted octanol–water partition coefficient (Wildman–Crippen LogP) is 3.47. The fourth-order valence-corrected chi connectivity index (χ4v) is 3.94. The van der Waals surface area contributed by atoms with Gasteiger partial charge in [-0.15, -0.1) is 0 Å². The van der Waals surface area contributed by atoms with E-state index in [1.54, 1.807) is 0 Å². The lowest BCUT2D eigenvalue weighted by molar-refractivity contribution is -0.137. The molecule has 130 valence electrons. The minimum atomic E-state index is -0.128. The highest BCUT2D eigenvalue weighted by molar-refractivity contribution is 6.01. The predicted molar refractivity (Wildman–Crippen MR) is 95.7 cm³/mol. The second-order valence-electron chi connectivity index (χ2n) is 6.96. The summed E-state index contributed by atoms with van der Waals surface area (Å²) in [6.07, 6.45) is 5.15. The van der Waals surface area contributed by atoms with E-state index in [1.807, 2.05) is 42.2 Å². The second-order valence-corrected chi connectivity index (χ2v) is 6.96. The number of benzene rings is 1.